The zero-order valence-corrected chi connectivity index (χ0v) is 14.7. The summed E-state index contributed by atoms with van der Waals surface area (Å²) in [5.74, 6) is 1.49. The van der Waals surface area contributed by atoms with Crippen molar-refractivity contribution in [1.29, 1.82) is 0 Å². The monoisotopic (exact) mass is 340 g/mol. The van der Waals surface area contributed by atoms with Crippen molar-refractivity contribution in [2.45, 2.75) is 26.5 Å². The number of benzene rings is 2. The van der Waals surface area contributed by atoms with E-state index in [9.17, 15) is 4.79 Å². The highest BCUT2D eigenvalue weighted by Gasteiger charge is 2.24. The average Bonchev–Trinajstić information content (AvgIpc) is 2.65. The van der Waals surface area contributed by atoms with Gasteiger partial charge in [-0.25, -0.2) is 4.79 Å². The second-order valence-corrected chi connectivity index (χ2v) is 6.12. The third-order valence-corrected chi connectivity index (χ3v) is 4.35. The Bertz CT molecular complexity index is 732. The SMILES string of the molecule is CCN(CC1COc2ccccc2O1)C(=O)NCc1ccccc1C. The van der Waals surface area contributed by atoms with E-state index in [4.69, 9.17) is 9.47 Å². The summed E-state index contributed by atoms with van der Waals surface area (Å²) in [7, 11) is 0. The van der Waals surface area contributed by atoms with Crippen molar-refractivity contribution >= 4 is 6.03 Å². The zero-order valence-electron chi connectivity index (χ0n) is 14.7. The van der Waals surface area contributed by atoms with E-state index < -0.39 is 0 Å². The molecule has 1 aliphatic heterocycles. The van der Waals surface area contributed by atoms with Crippen LogP contribution in [0.2, 0.25) is 0 Å². The lowest BCUT2D eigenvalue weighted by atomic mass is 10.1. The highest BCUT2D eigenvalue weighted by Crippen LogP contribution is 2.31. The maximum Gasteiger partial charge on any atom is 0.317 e. The molecule has 2 aromatic carbocycles. The van der Waals surface area contributed by atoms with E-state index >= 15 is 0 Å². The Morgan fingerprint density at radius 3 is 2.64 bits per heavy atom. The van der Waals surface area contributed by atoms with E-state index in [0.29, 0.717) is 26.2 Å². The molecule has 0 saturated carbocycles. The average molecular weight is 340 g/mol. The fourth-order valence-electron chi connectivity index (χ4n) is 2.85. The molecule has 1 N–H and O–H groups in total. The van der Waals surface area contributed by atoms with Crippen molar-refractivity contribution in [2.75, 3.05) is 19.7 Å². The highest BCUT2D eigenvalue weighted by atomic mass is 16.6. The summed E-state index contributed by atoms with van der Waals surface area (Å²) in [6.45, 7) is 6.08. The third-order valence-electron chi connectivity index (χ3n) is 4.35. The molecule has 1 aliphatic rings. The molecule has 0 fully saturated rings. The Labute approximate surface area is 148 Å². The van der Waals surface area contributed by atoms with Gasteiger partial charge in [0.05, 0.1) is 6.54 Å². The van der Waals surface area contributed by atoms with Gasteiger partial charge in [-0.3, -0.25) is 0 Å². The topological polar surface area (TPSA) is 50.8 Å². The molecule has 25 heavy (non-hydrogen) atoms. The van der Waals surface area contributed by atoms with Gasteiger partial charge in [-0.05, 0) is 37.1 Å². The largest absolute Gasteiger partial charge is 0.486 e. The number of nitrogens with zero attached hydrogens (tertiary/aromatic N) is 1. The van der Waals surface area contributed by atoms with E-state index in [2.05, 4.69) is 5.32 Å². The zero-order chi connectivity index (χ0) is 17.6. The first-order chi connectivity index (χ1) is 12.2. The third kappa shape index (κ3) is 4.24. The molecule has 5 heteroatoms. The molecule has 132 valence electrons. The van der Waals surface area contributed by atoms with Crippen LogP contribution >= 0.6 is 0 Å². The van der Waals surface area contributed by atoms with Crippen molar-refractivity contribution in [3.8, 4) is 11.5 Å². The van der Waals surface area contributed by atoms with Crippen molar-refractivity contribution in [1.82, 2.24) is 10.2 Å². The number of rotatable bonds is 5. The quantitative estimate of drug-likeness (QED) is 0.908. The van der Waals surface area contributed by atoms with Crippen LogP contribution in [0.3, 0.4) is 0 Å². The minimum atomic E-state index is -0.168. The van der Waals surface area contributed by atoms with Crippen LogP contribution < -0.4 is 14.8 Å². The Morgan fingerprint density at radius 2 is 1.88 bits per heavy atom. The molecule has 0 saturated heterocycles. The van der Waals surface area contributed by atoms with Crippen LogP contribution in [-0.2, 0) is 6.54 Å². The van der Waals surface area contributed by atoms with Crippen LogP contribution in [0.1, 0.15) is 18.1 Å². The van der Waals surface area contributed by atoms with Gasteiger partial charge in [0.25, 0.3) is 0 Å². The Morgan fingerprint density at radius 1 is 1.16 bits per heavy atom. The smallest absolute Gasteiger partial charge is 0.317 e. The van der Waals surface area contributed by atoms with Crippen LogP contribution in [0, 0.1) is 6.92 Å². The van der Waals surface area contributed by atoms with Crippen molar-refractivity contribution in [3.63, 3.8) is 0 Å². The normalized spacial score (nSPS) is 15.5. The summed E-state index contributed by atoms with van der Waals surface area (Å²) in [4.78, 5) is 14.2. The fraction of sp³-hybridized carbons (Fsp3) is 0.350. The second kappa shape index (κ2) is 7.92. The summed E-state index contributed by atoms with van der Waals surface area (Å²) >= 11 is 0. The van der Waals surface area contributed by atoms with E-state index in [-0.39, 0.29) is 12.1 Å². The van der Waals surface area contributed by atoms with Gasteiger partial charge in [0.1, 0.15) is 6.61 Å². The number of para-hydroxylation sites is 2. The van der Waals surface area contributed by atoms with Gasteiger partial charge < -0.3 is 19.7 Å². The number of likely N-dealkylation sites (N-methyl/N-ethyl adjacent to an activating group) is 1. The summed E-state index contributed by atoms with van der Waals surface area (Å²) in [6, 6.07) is 15.6. The van der Waals surface area contributed by atoms with Crippen molar-refractivity contribution < 1.29 is 14.3 Å². The number of carbonyl (C=O) groups excluding carboxylic acids is 1. The predicted octanol–water partition coefficient (Wildman–Crippen LogP) is 3.37. The molecule has 1 unspecified atom stereocenters. The van der Waals surface area contributed by atoms with Crippen LogP contribution in [0.4, 0.5) is 4.79 Å². The van der Waals surface area contributed by atoms with E-state index in [1.54, 1.807) is 4.90 Å². The summed E-state index contributed by atoms with van der Waals surface area (Å²) in [5, 5.41) is 2.99. The lowest BCUT2D eigenvalue weighted by Gasteiger charge is -2.31. The number of aryl methyl sites for hydroxylation is 1. The van der Waals surface area contributed by atoms with Gasteiger partial charge in [0.15, 0.2) is 17.6 Å². The first-order valence-corrected chi connectivity index (χ1v) is 8.63. The second-order valence-electron chi connectivity index (χ2n) is 6.12. The van der Waals surface area contributed by atoms with Gasteiger partial charge in [0.2, 0.25) is 0 Å². The molecule has 5 nitrogen and oxygen atoms in total. The Balaban J connectivity index is 1.55. The number of nitrogens with one attached hydrogen (secondary N) is 1. The fourth-order valence-corrected chi connectivity index (χ4v) is 2.85. The first-order valence-electron chi connectivity index (χ1n) is 8.63. The maximum absolute atomic E-state index is 12.5. The first kappa shape index (κ1) is 17.1. The number of carbonyl (C=O) groups is 1. The van der Waals surface area contributed by atoms with Crippen LogP contribution in [0.15, 0.2) is 48.5 Å². The van der Waals surface area contributed by atoms with Crippen LogP contribution in [0.5, 0.6) is 11.5 Å². The molecule has 3 rings (SSSR count). The van der Waals surface area contributed by atoms with Crippen molar-refractivity contribution in [2.24, 2.45) is 0 Å². The molecule has 0 radical (unpaired) electrons. The standard InChI is InChI=1S/C20H24N2O3/c1-3-22(20(23)21-12-16-9-5-4-8-15(16)2)13-17-14-24-18-10-6-7-11-19(18)25-17/h4-11,17H,3,12-14H2,1-2H3,(H,21,23). The van der Waals surface area contributed by atoms with E-state index in [0.717, 1.165) is 17.1 Å². The molecule has 0 spiro atoms. The summed E-state index contributed by atoms with van der Waals surface area (Å²) in [5.41, 5.74) is 2.30. The Hall–Kier alpha value is -2.69. The van der Waals surface area contributed by atoms with Gasteiger partial charge in [-0.15, -0.1) is 0 Å². The van der Waals surface area contributed by atoms with Gasteiger partial charge in [-0.1, -0.05) is 36.4 Å². The van der Waals surface area contributed by atoms with E-state index in [1.165, 1.54) is 5.56 Å². The molecule has 1 heterocycles. The van der Waals surface area contributed by atoms with Gasteiger partial charge >= 0.3 is 6.03 Å². The summed E-state index contributed by atoms with van der Waals surface area (Å²) in [6.07, 6.45) is -0.168. The predicted molar refractivity (Wildman–Crippen MR) is 97.0 cm³/mol. The highest BCUT2D eigenvalue weighted by molar-refractivity contribution is 5.74. The molecular formula is C20H24N2O3. The number of hydrogen-bond donors (Lipinski definition) is 1. The molecule has 0 aliphatic carbocycles. The van der Waals surface area contributed by atoms with Gasteiger partial charge in [-0.2, -0.15) is 0 Å². The summed E-state index contributed by atoms with van der Waals surface area (Å²) < 4.78 is 11.7. The van der Waals surface area contributed by atoms with Gasteiger partial charge in [0, 0.05) is 13.1 Å². The minimum Gasteiger partial charge on any atom is -0.486 e. The number of ether oxygens (including phenoxy) is 2. The molecule has 2 aromatic rings. The number of urea groups is 1. The number of hydrogen-bond acceptors (Lipinski definition) is 3. The number of amides is 2. The lowest BCUT2D eigenvalue weighted by molar-refractivity contribution is 0.0675. The molecule has 0 bridgehead atoms. The van der Waals surface area contributed by atoms with Crippen molar-refractivity contribution in [3.05, 3.63) is 59.7 Å². The minimum absolute atomic E-state index is 0.0896. The maximum atomic E-state index is 12.5. The molecular weight excluding hydrogens is 316 g/mol. The van der Waals surface area contributed by atoms with Crippen LogP contribution in [0.25, 0.3) is 0 Å². The lowest BCUT2D eigenvalue weighted by Crippen LogP contribution is -2.47. The molecule has 2 amide bonds. The Kier molecular flexibility index (Phi) is 5.43. The van der Waals surface area contributed by atoms with Crippen LogP contribution in [-0.4, -0.2) is 36.7 Å². The molecule has 0 aromatic heterocycles. The number of fused-ring (bicyclic) bond motifs is 1. The van der Waals surface area contributed by atoms with E-state index in [1.807, 2.05) is 62.4 Å². The molecule has 1 atom stereocenters.